The molecular formula is C14H21NOS. The molecule has 0 bridgehead atoms. The Kier molecular flexibility index (Phi) is 4.63. The lowest BCUT2D eigenvalue weighted by molar-refractivity contribution is 0.241. The van der Waals surface area contributed by atoms with Gasteiger partial charge < -0.3 is 4.90 Å². The van der Waals surface area contributed by atoms with Crippen LogP contribution in [-0.2, 0) is 5.41 Å². The highest BCUT2D eigenvalue weighted by molar-refractivity contribution is 8.13. The van der Waals surface area contributed by atoms with Crippen LogP contribution in [0.4, 0.5) is 4.79 Å². The summed E-state index contributed by atoms with van der Waals surface area (Å²) >= 11 is 1.27. The van der Waals surface area contributed by atoms with E-state index in [9.17, 15) is 4.79 Å². The monoisotopic (exact) mass is 251 g/mol. The molecule has 0 saturated carbocycles. The van der Waals surface area contributed by atoms with Crippen LogP contribution in [0.2, 0.25) is 0 Å². The molecule has 3 heteroatoms. The van der Waals surface area contributed by atoms with Gasteiger partial charge in [0.25, 0.3) is 5.24 Å². The number of thioether (sulfide) groups is 1. The maximum atomic E-state index is 11.5. The molecule has 0 unspecified atom stereocenters. The van der Waals surface area contributed by atoms with Gasteiger partial charge in [-0.05, 0) is 41.3 Å². The second-order valence-corrected chi connectivity index (χ2v) is 6.05. The van der Waals surface area contributed by atoms with E-state index >= 15 is 0 Å². The third-order valence-electron chi connectivity index (χ3n) is 3.09. The van der Waals surface area contributed by atoms with Crippen LogP contribution in [0.25, 0.3) is 0 Å². The summed E-state index contributed by atoms with van der Waals surface area (Å²) in [4.78, 5) is 14.1. The summed E-state index contributed by atoms with van der Waals surface area (Å²) in [5.41, 5.74) is 1.52. The van der Waals surface area contributed by atoms with Crippen LogP contribution >= 0.6 is 11.8 Å². The molecule has 0 aromatic heterocycles. The van der Waals surface area contributed by atoms with E-state index in [4.69, 9.17) is 0 Å². The zero-order valence-electron chi connectivity index (χ0n) is 11.3. The normalized spacial score (nSPS) is 11.4. The number of carbonyl (C=O) groups excluding carboxylic acids is 1. The molecule has 0 heterocycles. The van der Waals surface area contributed by atoms with E-state index in [-0.39, 0.29) is 10.7 Å². The van der Waals surface area contributed by atoms with Crippen molar-refractivity contribution in [3.8, 4) is 0 Å². The zero-order valence-corrected chi connectivity index (χ0v) is 12.1. The van der Waals surface area contributed by atoms with E-state index in [1.54, 1.807) is 19.0 Å². The van der Waals surface area contributed by atoms with Gasteiger partial charge in [-0.3, -0.25) is 4.79 Å². The van der Waals surface area contributed by atoms with Crippen molar-refractivity contribution < 1.29 is 4.79 Å². The summed E-state index contributed by atoms with van der Waals surface area (Å²) in [6.07, 6.45) is 1.11. The lowest BCUT2D eigenvalue weighted by Gasteiger charge is -2.23. The lowest BCUT2D eigenvalue weighted by atomic mass is 9.82. The van der Waals surface area contributed by atoms with Crippen molar-refractivity contribution in [2.24, 2.45) is 0 Å². The Balaban J connectivity index is 2.79. The first-order valence-corrected chi connectivity index (χ1v) is 6.68. The van der Waals surface area contributed by atoms with Crippen LogP contribution in [0, 0.1) is 0 Å². The summed E-state index contributed by atoms with van der Waals surface area (Å²) in [5, 5.41) is 0.0625. The van der Waals surface area contributed by atoms with Crippen LogP contribution < -0.4 is 0 Å². The Hall–Kier alpha value is -0.960. The fourth-order valence-electron chi connectivity index (χ4n) is 1.37. The molecule has 0 aliphatic heterocycles. The molecule has 0 aliphatic rings. The molecular weight excluding hydrogens is 230 g/mol. The summed E-state index contributed by atoms with van der Waals surface area (Å²) in [6, 6.07) is 8.29. The number of amides is 1. The van der Waals surface area contributed by atoms with Gasteiger partial charge in [0.15, 0.2) is 0 Å². The van der Waals surface area contributed by atoms with E-state index in [1.807, 2.05) is 12.1 Å². The number of benzene rings is 1. The van der Waals surface area contributed by atoms with Crippen LogP contribution in [0.3, 0.4) is 0 Å². The number of carbonyl (C=O) groups is 1. The summed E-state index contributed by atoms with van der Waals surface area (Å²) in [5.74, 6) is 0. The lowest BCUT2D eigenvalue weighted by Crippen LogP contribution is -2.16. The van der Waals surface area contributed by atoms with E-state index in [0.717, 1.165) is 11.3 Å². The van der Waals surface area contributed by atoms with E-state index in [1.165, 1.54) is 17.3 Å². The van der Waals surface area contributed by atoms with E-state index in [2.05, 4.69) is 32.9 Å². The molecule has 0 atom stereocenters. The molecule has 1 rings (SSSR count). The Morgan fingerprint density at radius 1 is 1.24 bits per heavy atom. The van der Waals surface area contributed by atoms with Crippen molar-refractivity contribution in [1.29, 1.82) is 0 Å². The molecule has 17 heavy (non-hydrogen) atoms. The van der Waals surface area contributed by atoms with Crippen LogP contribution in [0.15, 0.2) is 29.2 Å². The molecule has 0 fully saturated rings. The summed E-state index contributed by atoms with van der Waals surface area (Å²) in [7, 11) is 3.54. The quantitative estimate of drug-likeness (QED) is 0.752. The average molecular weight is 251 g/mol. The number of hydrogen-bond acceptors (Lipinski definition) is 2. The highest BCUT2D eigenvalue weighted by Crippen LogP contribution is 2.29. The van der Waals surface area contributed by atoms with Crippen molar-refractivity contribution in [2.45, 2.75) is 37.5 Å². The van der Waals surface area contributed by atoms with Gasteiger partial charge in [0, 0.05) is 19.0 Å². The topological polar surface area (TPSA) is 20.3 Å². The van der Waals surface area contributed by atoms with E-state index in [0.29, 0.717) is 0 Å². The molecule has 1 aromatic rings. The molecule has 0 spiro atoms. The van der Waals surface area contributed by atoms with Crippen molar-refractivity contribution in [3.05, 3.63) is 29.8 Å². The molecule has 2 nitrogen and oxygen atoms in total. The Morgan fingerprint density at radius 3 is 2.18 bits per heavy atom. The molecule has 0 saturated heterocycles. The minimum Gasteiger partial charge on any atom is -0.339 e. The highest BCUT2D eigenvalue weighted by atomic mass is 32.2. The standard InChI is InChI=1S/C14H21NOS/c1-6-14(2,3)11-7-9-12(10-8-11)17-13(16)15(4)5/h7-10H,6H2,1-5H3. The van der Waals surface area contributed by atoms with Gasteiger partial charge in [0.05, 0.1) is 0 Å². The number of rotatable bonds is 3. The van der Waals surface area contributed by atoms with Gasteiger partial charge in [0.1, 0.15) is 0 Å². The van der Waals surface area contributed by atoms with Gasteiger partial charge in [-0.25, -0.2) is 0 Å². The molecule has 1 amide bonds. The van der Waals surface area contributed by atoms with Gasteiger partial charge in [-0.2, -0.15) is 0 Å². The maximum absolute atomic E-state index is 11.5. The van der Waals surface area contributed by atoms with Gasteiger partial charge in [-0.15, -0.1) is 0 Å². The van der Waals surface area contributed by atoms with E-state index < -0.39 is 0 Å². The fourth-order valence-corrected chi connectivity index (χ4v) is 2.03. The van der Waals surface area contributed by atoms with Crippen molar-refractivity contribution in [3.63, 3.8) is 0 Å². The van der Waals surface area contributed by atoms with Crippen LogP contribution in [0.1, 0.15) is 32.8 Å². The second kappa shape index (κ2) is 5.58. The average Bonchev–Trinajstić information content (AvgIpc) is 2.29. The Labute approximate surface area is 108 Å². The predicted molar refractivity (Wildman–Crippen MR) is 74.7 cm³/mol. The second-order valence-electron chi connectivity index (χ2n) is 5.02. The van der Waals surface area contributed by atoms with Crippen molar-refractivity contribution in [1.82, 2.24) is 4.90 Å². The zero-order chi connectivity index (χ0) is 13.1. The first-order valence-electron chi connectivity index (χ1n) is 5.86. The smallest absolute Gasteiger partial charge is 0.285 e. The third kappa shape index (κ3) is 3.77. The van der Waals surface area contributed by atoms with Crippen molar-refractivity contribution >= 4 is 17.0 Å². The molecule has 0 N–H and O–H groups in total. The highest BCUT2D eigenvalue weighted by Gasteiger charge is 2.17. The Bertz CT molecular complexity index is 382. The first kappa shape index (κ1) is 14.1. The maximum Gasteiger partial charge on any atom is 0.285 e. The number of nitrogens with zero attached hydrogens (tertiary/aromatic N) is 1. The molecule has 0 aliphatic carbocycles. The fraction of sp³-hybridized carbons (Fsp3) is 0.500. The molecule has 1 aromatic carbocycles. The molecule has 0 radical (unpaired) electrons. The Morgan fingerprint density at radius 2 is 1.76 bits per heavy atom. The van der Waals surface area contributed by atoms with Gasteiger partial charge in [-0.1, -0.05) is 32.9 Å². The minimum atomic E-state index is 0.0625. The van der Waals surface area contributed by atoms with Crippen LogP contribution in [-0.4, -0.2) is 24.2 Å². The molecule has 94 valence electrons. The summed E-state index contributed by atoms with van der Waals surface area (Å²) in [6.45, 7) is 6.67. The van der Waals surface area contributed by atoms with Gasteiger partial charge in [0.2, 0.25) is 0 Å². The van der Waals surface area contributed by atoms with Crippen molar-refractivity contribution in [2.75, 3.05) is 14.1 Å². The minimum absolute atomic E-state index is 0.0625. The SMILES string of the molecule is CCC(C)(C)c1ccc(SC(=O)N(C)C)cc1. The van der Waals surface area contributed by atoms with Crippen LogP contribution in [0.5, 0.6) is 0 Å². The van der Waals surface area contributed by atoms with Gasteiger partial charge >= 0.3 is 0 Å². The summed E-state index contributed by atoms with van der Waals surface area (Å²) < 4.78 is 0. The largest absolute Gasteiger partial charge is 0.339 e. The predicted octanol–water partition coefficient (Wildman–Crippen LogP) is 4.15. The third-order valence-corrected chi connectivity index (χ3v) is 4.14. The number of hydrogen-bond donors (Lipinski definition) is 0. The first-order chi connectivity index (χ1) is 7.86.